The number of imidazole rings is 1. The summed E-state index contributed by atoms with van der Waals surface area (Å²) in [4.78, 5) is 4.25. The Morgan fingerprint density at radius 3 is 3.06 bits per heavy atom. The number of nitrogens with one attached hydrogen (secondary N) is 1. The van der Waals surface area contributed by atoms with Gasteiger partial charge in [-0.3, -0.25) is 0 Å². The van der Waals surface area contributed by atoms with Crippen LogP contribution >= 0.6 is 11.6 Å². The van der Waals surface area contributed by atoms with Gasteiger partial charge >= 0.3 is 0 Å². The number of rotatable bonds is 5. The maximum absolute atomic E-state index is 13.7. The van der Waals surface area contributed by atoms with Crippen LogP contribution < -0.4 is 5.32 Å². The lowest BCUT2D eigenvalue weighted by molar-refractivity contribution is 0.625. The lowest BCUT2D eigenvalue weighted by atomic mass is 10.3. The number of benzene rings is 1. The second kappa shape index (κ2) is 5.87. The van der Waals surface area contributed by atoms with Crippen LogP contribution in [0.5, 0.6) is 0 Å². The summed E-state index contributed by atoms with van der Waals surface area (Å²) in [7, 11) is 0. The van der Waals surface area contributed by atoms with Crippen molar-refractivity contribution in [3.8, 4) is 0 Å². The van der Waals surface area contributed by atoms with Crippen LogP contribution in [0.1, 0.15) is 19.2 Å². The highest BCUT2D eigenvalue weighted by molar-refractivity contribution is 6.31. The smallest absolute Gasteiger partial charge is 0.164 e. The topological polar surface area (TPSA) is 29.9 Å². The summed E-state index contributed by atoms with van der Waals surface area (Å²) in [5, 5.41) is 3.13. The molecule has 0 bridgehead atoms. The number of halogens is 2. The molecule has 0 aliphatic rings. The molecule has 0 spiro atoms. The van der Waals surface area contributed by atoms with Crippen LogP contribution in [0.25, 0.3) is 0 Å². The van der Waals surface area contributed by atoms with E-state index in [0.29, 0.717) is 12.2 Å². The maximum Gasteiger partial charge on any atom is 0.164 e. The van der Waals surface area contributed by atoms with Gasteiger partial charge in [0.2, 0.25) is 0 Å². The Morgan fingerprint density at radius 2 is 2.28 bits per heavy atom. The summed E-state index contributed by atoms with van der Waals surface area (Å²) in [5.74, 6) is 0.462. The van der Waals surface area contributed by atoms with Crippen LogP contribution in [0.4, 0.5) is 10.1 Å². The molecule has 0 saturated carbocycles. The molecule has 2 aromatic rings. The van der Waals surface area contributed by atoms with Crippen LogP contribution in [0, 0.1) is 5.82 Å². The van der Waals surface area contributed by atoms with Gasteiger partial charge < -0.3 is 9.88 Å². The largest absolute Gasteiger partial charge is 0.375 e. The zero-order valence-corrected chi connectivity index (χ0v) is 10.9. The summed E-state index contributed by atoms with van der Waals surface area (Å²) in [6.07, 6.45) is 4.71. The average Bonchev–Trinajstić information content (AvgIpc) is 2.79. The average molecular weight is 268 g/mol. The monoisotopic (exact) mass is 267 g/mol. The van der Waals surface area contributed by atoms with Crippen molar-refractivity contribution in [3.05, 3.63) is 47.3 Å². The number of aryl methyl sites for hydroxylation is 1. The second-order valence-electron chi connectivity index (χ2n) is 3.99. The van der Waals surface area contributed by atoms with Gasteiger partial charge in [0, 0.05) is 18.9 Å². The molecule has 0 fully saturated rings. The molecular formula is C13H15ClFN3. The first-order valence-corrected chi connectivity index (χ1v) is 6.28. The Hall–Kier alpha value is -1.55. The Labute approximate surface area is 111 Å². The molecule has 96 valence electrons. The molecular weight excluding hydrogens is 253 g/mol. The van der Waals surface area contributed by atoms with E-state index in [1.165, 1.54) is 6.07 Å². The maximum atomic E-state index is 13.7. The van der Waals surface area contributed by atoms with Gasteiger partial charge in [-0.1, -0.05) is 24.6 Å². The third kappa shape index (κ3) is 2.82. The minimum Gasteiger partial charge on any atom is -0.375 e. The van der Waals surface area contributed by atoms with Crippen LogP contribution in [-0.2, 0) is 13.1 Å². The summed E-state index contributed by atoms with van der Waals surface area (Å²) < 4.78 is 15.7. The Balaban J connectivity index is 2.07. The van der Waals surface area contributed by atoms with E-state index < -0.39 is 5.82 Å². The molecule has 2 rings (SSSR count). The van der Waals surface area contributed by atoms with Gasteiger partial charge in [-0.15, -0.1) is 0 Å². The first-order valence-electron chi connectivity index (χ1n) is 5.90. The van der Waals surface area contributed by atoms with E-state index in [1.807, 2.05) is 6.20 Å². The first-order chi connectivity index (χ1) is 8.72. The molecule has 0 atom stereocenters. The number of nitrogens with zero attached hydrogens (tertiary/aromatic N) is 2. The fraction of sp³-hybridized carbons (Fsp3) is 0.308. The van der Waals surface area contributed by atoms with E-state index in [-0.39, 0.29) is 5.02 Å². The van der Waals surface area contributed by atoms with Gasteiger partial charge in [0.25, 0.3) is 0 Å². The van der Waals surface area contributed by atoms with E-state index in [9.17, 15) is 4.39 Å². The first kappa shape index (κ1) is 12.9. The van der Waals surface area contributed by atoms with Gasteiger partial charge in [0.15, 0.2) is 5.82 Å². The molecule has 0 radical (unpaired) electrons. The fourth-order valence-corrected chi connectivity index (χ4v) is 1.94. The molecule has 1 N–H and O–H groups in total. The van der Waals surface area contributed by atoms with Crippen molar-refractivity contribution in [2.24, 2.45) is 0 Å². The van der Waals surface area contributed by atoms with E-state index >= 15 is 0 Å². The fourth-order valence-electron chi connectivity index (χ4n) is 1.77. The van der Waals surface area contributed by atoms with Gasteiger partial charge in [-0.2, -0.15) is 0 Å². The minimum atomic E-state index is -0.423. The summed E-state index contributed by atoms with van der Waals surface area (Å²) in [5.41, 5.74) is 0.397. The van der Waals surface area contributed by atoms with Crippen molar-refractivity contribution >= 4 is 17.3 Å². The molecule has 1 aromatic heterocycles. The lowest BCUT2D eigenvalue weighted by Crippen LogP contribution is -2.09. The van der Waals surface area contributed by atoms with Gasteiger partial charge in [-0.05, 0) is 18.6 Å². The molecule has 18 heavy (non-hydrogen) atoms. The minimum absolute atomic E-state index is 0.122. The Kier molecular flexibility index (Phi) is 4.20. The summed E-state index contributed by atoms with van der Waals surface area (Å²) >= 11 is 5.72. The van der Waals surface area contributed by atoms with Crippen LogP contribution in [0.3, 0.4) is 0 Å². The number of hydrogen-bond acceptors (Lipinski definition) is 2. The third-order valence-corrected chi connectivity index (χ3v) is 2.95. The summed E-state index contributed by atoms with van der Waals surface area (Å²) in [6.45, 7) is 3.49. The molecule has 3 nitrogen and oxygen atoms in total. The highest BCUT2D eigenvalue weighted by Crippen LogP contribution is 2.22. The number of anilines is 1. The third-order valence-electron chi connectivity index (χ3n) is 2.65. The predicted octanol–water partition coefficient (Wildman–Crippen LogP) is 3.70. The van der Waals surface area contributed by atoms with Crippen LogP contribution in [-0.4, -0.2) is 9.55 Å². The molecule has 1 aromatic carbocycles. The van der Waals surface area contributed by atoms with Crippen molar-refractivity contribution in [1.29, 1.82) is 0 Å². The molecule has 0 aliphatic carbocycles. The quantitative estimate of drug-likeness (QED) is 0.895. The van der Waals surface area contributed by atoms with E-state index in [0.717, 1.165) is 18.8 Å². The van der Waals surface area contributed by atoms with Gasteiger partial charge in [0.1, 0.15) is 5.82 Å². The second-order valence-corrected chi connectivity index (χ2v) is 4.40. The molecule has 0 aliphatic heterocycles. The lowest BCUT2D eigenvalue weighted by Gasteiger charge is -2.10. The molecule has 5 heteroatoms. The highest BCUT2D eigenvalue weighted by Gasteiger charge is 2.07. The number of aromatic nitrogens is 2. The van der Waals surface area contributed by atoms with Crippen LogP contribution in [0.15, 0.2) is 30.6 Å². The highest BCUT2D eigenvalue weighted by atomic mass is 35.5. The van der Waals surface area contributed by atoms with E-state index in [2.05, 4.69) is 21.8 Å². The standard InChI is InChI=1S/C13H15ClFN3/c1-2-7-18-8-6-16-12(18)9-17-11-5-3-4-10(14)13(11)15/h3-6,8,17H,2,7,9H2,1H3. The van der Waals surface area contributed by atoms with Crippen molar-refractivity contribution in [2.75, 3.05) is 5.32 Å². The summed E-state index contributed by atoms with van der Waals surface area (Å²) in [6, 6.07) is 4.90. The SMILES string of the molecule is CCCn1ccnc1CNc1cccc(Cl)c1F. The van der Waals surface area contributed by atoms with Gasteiger partial charge in [0.05, 0.1) is 17.3 Å². The molecule has 0 unspecified atom stereocenters. The van der Waals surface area contributed by atoms with Crippen molar-refractivity contribution in [3.63, 3.8) is 0 Å². The van der Waals surface area contributed by atoms with Crippen molar-refractivity contribution in [2.45, 2.75) is 26.4 Å². The molecule has 0 amide bonds. The normalized spacial score (nSPS) is 10.6. The van der Waals surface area contributed by atoms with Gasteiger partial charge in [-0.25, -0.2) is 9.37 Å². The van der Waals surface area contributed by atoms with Crippen molar-refractivity contribution < 1.29 is 4.39 Å². The predicted molar refractivity (Wildman–Crippen MR) is 71.3 cm³/mol. The zero-order chi connectivity index (χ0) is 13.0. The van der Waals surface area contributed by atoms with E-state index in [1.54, 1.807) is 18.3 Å². The number of hydrogen-bond donors (Lipinski definition) is 1. The van der Waals surface area contributed by atoms with Crippen LogP contribution in [0.2, 0.25) is 5.02 Å². The Morgan fingerprint density at radius 1 is 1.44 bits per heavy atom. The molecule has 1 heterocycles. The molecule has 0 saturated heterocycles. The van der Waals surface area contributed by atoms with Crippen molar-refractivity contribution in [1.82, 2.24) is 9.55 Å². The van der Waals surface area contributed by atoms with E-state index in [4.69, 9.17) is 11.6 Å². The Bertz CT molecular complexity index is 525. The zero-order valence-electron chi connectivity index (χ0n) is 10.2.